The molecule has 1 saturated heterocycles. The molecule has 0 saturated carbocycles. The average Bonchev–Trinajstić information content (AvgIpc) is 2.85. The monoisotopic (exact) mass is 418 g/mol. The number of benzene rings is 2. The number of hydrogen-bond donors (Lipinski definition) is 2. The van der Waals surface area contributed by atoms with Crippen LogP contribution in [0.25, 0.3) is 0 Å². The molecule has 0 unspecified atom stereocenters. The number of nitrogens with zero attached hydrogens (tertiary/aromatic N) is 2. The maximum absolute atomic E-state index is 12.7. The Morgan fingerprint density at radius 1 is 1.10 bits per heavy atom. The average molecular weight is 418 g/mol. The number of rotatable bonds is 6. The van der Waals surface area contributed by atoms with Crippen LogP contribution < -0.4 is 25.0 Å². The van der Waals surface area contributed by atoms with Gasteiger partial charge in [0.2, 0.25) is 0 Å². The van der Waals surface area contributed by atoms with Crippen LogP contribution in [0, 0.1) is 0 Å². The molecular weight excluding hydrogens is 392 g/mol. The standard InChI is InChI=1S/C24H26N4O3/c1-30-19-9-10-20(22(14-19)31-2)27-24(29)18-8-11-23(26-15-18)28-13-12-25-21(16-28)17-6-4-3-5-7-17/h3-11,14-15,21,25H,12-13,16H2,1-2H3,(H,27,29)/t21-/m0/s1. The Labute approximate surface area is 182 Å². The van der Waals surface area contributed by atoms with Crippen LogP contribution in [0.15, 0.2) is 66.9 Å². The van der Waals surface area contributed by atoms with E-state index in [2.05, 4.69) is 44.8 Å². The van der Waals surface area contributed by atoms with Crippen molar-refractivity contribution in [1.82, 2.24) is 10.3 Å². The molecule has 2 N–H and O–H groups in total. The van der Waals surface area contributed by atoms with E-state index in [-0.39, 0.29) is 11.9 Å². The van der Waals surface area contributed by atoms with Crippen LogP contribution in [0.1, 0.15) is 22.0 Å². The number of hydrogen-bond acceptors (Lipinski definition) is 6. The summed E-state index contributed by atoms with van der Waals surface area (Å²) < 4.78 is 10.5. The Hall–Kier alpha value is -3.58. The zero-order chi connectivity index (χ0) is 21.6. The number of methoxy groups -OCH3 is 2. The Morgan fingerprint density at radius 3 is 2.65 bits per heavy atom. The molecule has 0 aliphatic carbocycles. The molecule has 7 nitrogen and oxygen atoms in total. The fourth-order valence-corrected chi connectivity index (χ4v) is 3.67. The molecule has 31 heavy (non-hydrogen) atoms. The molecule has 1 aliphatic heterocycles. The molecule has 0 spiro atoms. The number of piperazine rings is 1. The summed E-state index contributed by atoms with van der Waals surface area (Å²) >= 11 is 0. The number of carbonyl (C=O) groups is 1. The van der Waals surface area contributed by atoms with Crippen LogP contribution in [0.3, 0.4) is 0 Å². The molecule has 1 fully saturated rings. The third kappa shape index (κ3) is 4.78. The minimum Gasteiger partial charge on any atom is -0.497 e. The van der Waals surface area contributed by atoms with E-state index >= 15 is 0 Å². The molecule has 1 aliphatic rings. The van der Waals surface area contributed by atoms with Crippen LogP contribution in [0.5, 0.6) is 11.5 Å². The molecule has 7 heteroatoms. The summed E-state index contributed by atoms with van der Waals surface area (Å²) in [6, 6.07) is 19.6. The van der Waals surface area contributed by atoms with Gasteiger partial charge in [-0.3, -0.25) is 4.79 Å². The maximum atomic E-state index is 12.7. The van der Waals surface area contributed by atoms with Gasteiger partial charge in [-0.25, -0.2) is 4.98 Å². The predicted molar refractivity (Wildman–Crippen MR) is 121 cm³/mol. The van der Waals surface area contributed by atoms with Crippen molar-refractivity contribution < 1.29 is 14.3 Å². The van der Waals surface area contributed by atoms with Crippen LogP contribution in [-0.4, -0.2) is 44.7 Å². The fraction of sp³-hybridized carbons (Fsp3) is 0.250. The zero-order valence-electron chi connectivity index (χ0n) is 17.7. The van der Waals surface area contributed by atoms with Gasteiger partial charge in [-0.2, -0.15) is 0 Å². The molecular formula is C24H26N4O3. The number of anilines is 2. The van der Waals surface area contributed by atoms with E-state index in [4.69, 9.17) is 9.47 Å². The van der Waals surface area contributed by atoms with Crippen molar-refractivity contribution in [2.24, 2.45) is 0 Å². The second-order valence-corrected chi connectivity index (χ2v) is 7.29. The summed E-state index contributed by atoms with van der Waals surface area (Å²) in [5.74, 6) is 1.81. The number of amides is 1. The lowest BCUT2D eigenvalue weighted by Crippen LogP contribution is -2.46. The van der Waals surface area contributed by atoms with Gasteiger partial charge in [-0.1, -0.05) is 30.3 Å². The highest BCUT2D eigenvalue weighted by molar-refractivity contribution is 6.05. The lowest BCUT2D eigenvalue weighted by atomic mass is 10.0. The summed E-state index contributed by atoms with van der Waals surface area (Å²) in [4.78, 5) is 19.5. The van der Waals surface area contributed by atoms with E-state index in [0.717, 1.165) is 25.5 Å². The normalized spacial score (nSPS) is 15.9. The Morgan fingerprint density at radius 2 is 1.94 bits per heavy atom. The maximum Gasteiger partial charge on any atom is 0.257 e. The van der Waals surface area contributed by atoms with Crippen molar-refractivity contribution in [1.29, 1.82) is 0 Å². The van der Waals surface area contributed by atoms with Gasteiger partial charge < -0.3 is 25.0 Å². The van der Waals surface area contributed by atoms with Crippen LogP contribution >= 0.6 is 0 Å². The molecule has 1 aromatic heterocycles. The Balaban J connectivity index is 1.44. The Bertz CT molecular complexity index is 1020. The molecule has 3 aromatic rings. The number of pyridine rings is 1. The highest BCUT2D eigenvalue weighted by Crippen LogP contribution is 2.29. The summed E-state index contributed by atoms with van der Waals surface area (Å²) in [6.45, 7) is 2.57. The number of carbonyl (C=O) groups excluding carboxylic acids is 1. The lowest BCUT2D eigenvalue weighted by Gasteiger charge is -2.34. The first kappa shape index (κ1) is 20.7. The van der Waals surface area contributed by atoms with E-state index in [1.165, 1.54) is 5.56 Å². The molecule has 0 bridgehead atoms. The first-order valence-corrected chi connectivity index (χ1v) is 10.2. The Kier molecular flexibility index (Phi) is 6.33. The van der Waals surface area contributed by atoms with Crippen molar-refractivity contribution in [3.8, 4) is 11.5 Å². The first-order chi connectivity index (χ1) is 15.2. The van der Waals surface area contributed by atoms with E-state index in [0.29, 0.717) is 22.7 Å². The molecule has 1 atom stereocenters. The van der Waals surface area contributed by atoms with Crippen molar-refractivity contribution in [2.45, 2.75) is 6.04 Å². The quantitative estimate of drug-likeness (QED) is 0.638. The molecule has 1 amide bonds. The lowest BCUT2D eigenvalue weighted by molar-refractivity contribution is 0.102. The number of aromatic nitrogens is 1. The largest absolute Gasteiger partial charge is 0.497 e. The van der Waals surface area contributed by atoms with Gasteiger partial charge in [0.25, 0.3) is 5.91 Å². The first-order valence-electron chi connectivity index (χ1n) is 10.2. The van der Waals surface area contributed by atoms with Crippen molar-refractivity contribution in [2.75, 3.05) is 44.1 Å². The van der Waals surface area contributed by atoms with E-state index in [9.17, 15) is 4.79 Å². The molecule has 2 aromatic carbocycles. The fourth-order valence-electron chi connectivity index (χ4n) is 3.67. The smallest absolute Gasteiger partial charge is 0.257 e. The summed E-state index contributed by atoms with van der Waals surface area (Å²) in [6.07, 6.45) is 1.61. The molecule has 160 valence electrons. The van der Waals surface area contributed by atoms with E-state index in [1.54, 1.807) is 44.7 Å². The highest BCUT2D eigenvalue weighted by Gasteiger charge is 2.22. The minimum absolute atomic E-state index is 0.245. The predicted octanol–water partition coefficient (Wildman–Crippen LogP) is 3.50. The number of ether oxygens (including phenoxy) is 2. The topological polar surface area (TPSA) is 75.7 Å². The summed E-state index contributed by atoms with van der Waals surface area (Å²) in [7, 11) is 3.14. The van der Waals surface area contributed by atoms with Crippen molar-refractivity contribution in [3.63, 3.8) is 0 Å². The van der Waals surface area contributed by atoms with Crippen molar-refractivity contribution in [3.05, 3.63) is 78.0 Å². The minimum atomic E-state index is -0.245. The second kappa shape index (κ2) is 9.49. The van der Waals surface area contributed by atoms with E-state index in [1.807, 2.05) is 12.1 Å². The van der Waals surface area contributed by atoms with Gasteiger partial charge in [-0.05, 0) is 29.8 Å². The summed E-state index contributed by atoms with van der Waals surface area (Å²) in [5.41, 5.74) is 2.32. The van der Waals surface area contributed by atoms with Gasteiger partial charge >= 0.3 is 0 Å². The SMILES string of the molecule is COc1ccc(NC(=O)c2ccc(N3CCN[C@H](c4ccccc4)C3)nc2)c(OC)c1. The van der Waals surface area contributed by atoms with E-state index < -0.39 is 0 Å². The van der Waals surface area contributed by atoms with Gasteiger partial charge in [0, 0.05) is 37.9 Å². The number of nitrogens with one attached hydrogen (secondary N) is 2. The third-order valence-electron chi connectivity index (χ3n) is 5.37. The van der Waals surface area contributed by atoms with Crippen LogP contribution in [-0.2, 0) is 0 Å². The molecule has 4 rings (SSSR count). The van der Waals surface area contributed by atoms with Gasteiger partial charge in [0.1, 0.15) is 17.3 Å². The van der Waals surface area contributed by atoms with Crippen LogP contribution in [0.2, 0.25) is 0 Å². The van der Waals surface area contributed by atoms with Gasteiger partial charge in [-0.15, -0.1) is 0 Å². The second-order valence-electron chi connectivity index (χ2n) is 7.29. The molecule has 0 radical (unpaired) electrons. The molecule has 2 heterocycles. The van der Waals surface area contributed by atoms with Crippen LogP contribution in [0.4, 0.5) is 11.5 Å². The zero-order valence-corrected chi connectivity index (χ0v) is 17.7. The van der Waals surface area contributed by atoms with Gasteiger partial charge in [0.15, 0.2) is 0 Å². The third-order valence-corrected chi connectivity index (χ3v) is 5.37. The highest BCUT2D eigenvalue weighted by atomic mass is 16.5. The van der Waals surface area contributed by atoms with Gasteiger partial charge in [0.05, 0.1) is 25.5 Å². The summed E-state index contributed by atoms with van der Waals surface area (Å²) in [5, 5.41) is 6.43. The van der Waals surface area contributed by atoms with Crippen molar-refractivity contribution >= 4 is 17.4 Å².